The van der Waals surface area contributed by atoms with Crippen LogP contribution in [0.15, 0.2) is 0 Å². The van der Waals surface area contributed by atoms with Gasteiger partial charge in [-0.25, -0.2) is 0 Å². The van der Waals surface area contributed by atoms with Crippen LogP contribution < -0.4 is 5.32 Å². The molecule has 0 atom stereocenters. The molecule has 19 heavy (non-hydrogen) atoms. The van der Waals surface area contributed by atoms with Crippen LogP contribution in [0, 0.1) is 0 Å². The van der Waals surface area contributed by atoms with E-state index >= 15 is 0 Å². The Kier molecular flexibility index (Phi) is 7.38. The maximum absolute atomic E-state index is 6.35. The van der Waals surface area contributed by atoms with Gasteiger partial charge in [-0.05, 0) is 40.0 Å². The van der Waals surface area contributed by atoms with Gasteiger partial charge in [0.1, 0.15) is 0 Å². The highest BCUT2D eigenvalue weighted by Crippen LogP contribution is 2.32. The molecule has 0 bridgehead atoms. The minimum Gasteiger partial charge on any atom is -0.374 e. The van der Waals surface area contributed by atoms with Crippen LogP contribution in [0.4, 0.5) is 0 Å². The molecule has 1 N–H and O–H groups in total. The van der Waals surface area contributed by atoms with E-state index in [1.54, 1.807) is 0 Å². The summed E-state index contributed by atoms with van der Waals surface area (Å²) in [5.74, 6) is 0. The lowest BCUT2D eigenvalue weighted by molar-refractivity contribution is -0.0724. The lowest BCUT2D eigenvalue weighted by Gasteiger charge is -2.39. The number of unbranched alkanes of at least 4 members (excludes halogenated alkanes) is 3. The van der Waals surface area contributed by atoms with Crippen LogP contribution in [0.3, 0.4) is 0 Å². The summed E-state index contributed by atoms with van der Waals surface area (Å²) in [5.41, 5.74) is 0.313. The summed E-state index contributed by atoms with van der Waals surface area (Å²) in [4.78, 5) is 0. The SMILES string of the molecule is CCCCCCOC1(CNC(C)(C)C)CCCCC1. The van der Waals surface area contributed by atoms with E-state index < -0.39 is 0 Å². The molecule has 1 saturated carbocycles. The molecular weight excluding hydrogens is 234 g/mol. The van der Waals surface area contributed by atoms with Crippen LogP contribution in [0.2, 0.25) is 0 Å². The molecule has 0 amide bonds. The van der Waals surface area contributed by atoms with Crippen molar-refractivity contribution in [1.29, 1.82) is 0 Å². The van der Waals surface area contributed by atoms with Crippen LogP contribution in [-0.4, -0.2) is 24.3 Å². The highest BCUT2D eigenvalue weighted by molar-refractivity contribution is 4.89. The Labute approximate surface area is 120 Å². The first-order valence-corrected chi connectivity index (χ1v) is 8.36. The molecule has 1 aliphatic carbocycles. The van der Waals surface area contributed by atoms with Crippen molar-refractivity contribution in [3.8, 4) is 0 Å². The Morgan fingerprint density at radius 3 is 2.26 bits per heavy atom. The van der Waals surface area contributed by atoms with Crippen molar-refractivity contribution in [1.82, 2.24) is 5.32 Å². The molecule has 0 aromatic rings. The van der Waals surface area contributed by atoms with E-state index in [-0.39, 0.29) is 11.1 Å². The lowest BCUT2D eigenvalue weighted by atomic mass is 9.84. The van der Waals surface area contributed by atoms with Crippen LogP contribution in [0.25, 0.3) is 0 Å². The molecule has 0 heterocycles. The second kappa shape index (κ2) is 8.26. The minimum atomic E-state index is 0.123. The predicted molar refractivity (Wildman–Crippen MR) is 83.7 cm³/mol. The molecule has 0 unspecified atom stereocenters. The van der Waals surface area contributed by atoms with Crippen LogP contribution in [0.5, 0.6) is 0 Å². The Morgan fingerprint density at radius 2 is 1.68 bits per heavy atom. The quantitative estimate of drug-likeness (QED) is 0.646. The van der Waals surface area contributed by atoms with Gasteiger partial charge in [0.25, 0.3) is 0 Å². The van der Waals surface area contributed by atoms with Crippen LogP contribution >= 0.6 is 0 Å². The molecule has 0 aromatic carbocycles. The smallest absolute Gasteiger partial charge is 0.0806 e. The van der Waals surface area contributed by atoms with E-state index in [2.05, 4.69) is 33.0 Å². The number of hydrogen-bond donors (Lipinski definition) is 1. The van der Waals surface area contributed by atoms with E-state index in [1.807, 2.05) is 0 Å². The molecule has 2 nitrogen and oxygen atoms in total. The zero-order chi connectivity index (χ0) is 14.2. The fourth-order valence-corrected chi connectivity index (χ4v) is 2.81. The van der Waals surface area contributed by atoms with Crippen molar-refractivity contribution in [2.75, 3.05) is 13.2 Å². The first-order valence-electron chi connectivity index (χ1n) is 8.36. The zero-order valence-electron chi connectivity index (χ0n) is 13.7. The maximum atomic E-state index is 6.35. The normalized spacial score (nSPS) is 19.6. The monoisotopic (exact) mass is 269 g/mol. The summed E-state index contributed by atoms with van der Waals surface area (Å²) < 4.78 is 6.35. The number of hydrogen-bond acceptors (Lipinski definition) is 2. The fraction of sp³-hybridized carbons (Fsp3) is 1.00. The Hall–Kier alpha value is -0.0800. The van der Waals surface area contributed by atoms with Crippen molar-refractivity contribution < 1.29 is 4.74 Å². The average molecular weight is 269 g/mol. The van der Waals surface area contributed by atoms with Gasteiger partial charge >= 0.3 is 0 Å². The molecule has 0 spiro atoms. The van der Waals surface area contributed by atoms with E-state index in [0.29, 0.717) is 0 Å². The van der Waals surface area contributed by atoms with Gasteiger partial charge in [-0.1, -0.05) is 45.4 Å². The fourth-order valence-electron chi connectivity index (χ4n) is 2.81. The predicted octanol–water partition coefficient (Wildman–Crippen LogP) is 4.67. The molecule has 0 aliphatic heterocycles. The largest absolute Gasteiger partial charge is 0.374 e. The van der Waals surface area contributed by atoms with E-state index in [4.69, 9.17) is 4.74 Å². The maximum Gasteiger partial charge on any atom is 0.0806 e. The number of rotatable bonds is 8. The lowest BCUT2D eigenvalue weighted by Crippen LogP contribution is -2.50. The van der Waals surface area contributed by atoms with E-state index in [1.165, 1.54) is 57.8 Å². The molecular formula is C17H35NO. The highest BCUT2D eigenvalue weighted by atomic mass is 16.5. The Morgan fingerprint density at radius 1 is 1.00 bits per heavy atom. The molecule has 1 rings (SSSR count). The van der Waals surface area contributed by atoms with Gasteiger partial charge in [-0.2, -0.15) is 0 Å². The highest BCUT2D eigenvalue weighted by Gasteiger charge is 2.33. The summed E-state index contributed by atoms with van der Waals surface area (Å²) >= 11 is 0. The zero-order valence-corrected chi connectivity index (χ0v) is 13.7. The average Bonchev–Trinajstić information content (AvgIpc) is 2.37. The third-order valence-electron chi connectivity index (χ3n) is 4.11. The summed E-state index contributed by atoms with van der Waals surface area (Å²) in [7, 11) is 0. The van der Waals surface area contributed by atoms with E-state index in [9.17, 15) is 0 Å². The molecule has 2 heteroatoms. The van der Waals surface area contributed by atoms with Crippen LogP contribution in [-0.2, 0) is 4.74 Å². The summed E-state index contributed by atoms with van der Waals surface area (Å²) in [6.07, 6.45) is 11.7. The topological polar surface area (TPSA) is 21.3 Å². The van der Waals surface area contributed by atoms with Gasteiger partial charge in [-0.15, -0.1) is 0 Å². The number of nitrogens with one attached hydrogen (secondary N) is 1. The van der Waals surface area contributed by atoms with Crippen molar-refractivity contribution in [2.45, 2.75) is 96.6 Å². The van der Waals surface area contributed by atoms with Gasteiger partial charge in [-0.3, -0.25) is 0 Å². The first-order chi connectivity index (χ1) is 8.97. The molecule has 1 fully saturated rings. The summed E-state index contributed by atoms with van der Waals surface area (Å²) in [6, 6.07) is 0. The molecule has 0 radical (unpaired) electrons. The van der Waals surface area contributed by atoms with Gasteiger partial charge < -0.3 is 10.1 Å². The standard InChI is InChI=1S/C17H35NO/c1-5-6-7-11-14-19-17(12-9-8-10-13-17)15-18-16(2,3)4/h18H,5-15H2,1-4H3. The first kappa shape index (κ1) is 17.0. The third kappa shape index (κ3) is 7.31. The van der Waals surface area contributed by atoms with E-state index in [0.717, 1.165) is 13.2 Å². The second-order valence-corrected chi connectivity index (χ2v) is 7.26. The molecule has 0 saturated heterocycles. The van der Waals surface area contributed by atoms with Crippen molar-refractivity contribution in [2.24, 2.45) is 0 Å². The van der Waals surface area contributed by atoms with Gasteiger partial charge in [0.15, 0.2) is 0 Å². The van der Waals surface area contributed by atoms with Gasteiger partial charge in [0.2, 0.25) is 0 Å². The molecule has 114 valence electrons. The Balaban J connectivity index is 2.36. The summed E-state index contributed by atoms with van der Waals surface area (Å²) in [5, 5.41) is 3.66. The minimum absolute atomic E-state index is 0.123. The van der Waals surface area contributed by atoms with Gasteiger partial charge in [0, 0.05) is 18.7 Å². The third-order valence-corrected chi connectivity index (χ3v) is 4.11. The van der Waals surface area contributed by atoms with Crippen molar-refractivity contribution in [3.05, 3.63) is 0 Å². The summed E-state index contributed by atoms with van der Waals surface area (Å²) in [6.45, 7) is 11.0. The Bertz CT molecular complexity index is 226. The molecule has 1 aliphatic rings. The number of ether oxygens (including phenoxy) is 1. The van der Waals surface area contributed by atoms with Crippen molar-refractivity contribution >= 4 is 0 Å². The van der Waals surface area contributed by atoms with Crippen LogP contribution in [0.1, 0.15) is 85.5 Å². The second-order valence-electron chi connectivity index (χ2n) is 7.26. The van der Waals surface area contributed by atoms with Gasteiger partial charge in [0.05, 0.1) is 5.60 Å². The van der Waals surface area contributed by atoms with Crippen molar-refractivity contribution in [3.63, 3.8) is 0 Å². The molecule has 0 aromatic heterocycles.